The molecule has 39 heteroatoms. The highest BCUT2D eigenvalue weighted by molar-refractivity contribution is 5.78. The summed E-state index contributed by atoms with van der Waals surface area (Å²) in [5, 5.41) is 57.9. The maximum atomic E-state index is 13.3. The lowest BCUT2D eigenvalue weighted by atomic mass is 10.1. The Labute approximate surface area is 703 Å². The minimum atomic E-state index is -1.88. The molecule has 0 aliphatic heterocycles. The van der Waals surface area contributed by atoms with Gasteiger partial charge in [0, 0.05) is 71.6 Å². The van der Waals surface area contributed by atoms with Crippen molar-refractivity contribution in [3.05, 3.63) is 0 Å². The second-order valence-corrected chi connectivity index (χ2v) is 27.6. The molecule has 0 fully saturated rings. The van der Waals surface area contributed by atoms with Crippen LogP contribution in [-0.2, 0) is 124 Å². The van der Waals surface area contributed by atoms with E-state index in [-0.39, 0.29) is 134 Å². The molecule has 1 atom stereocenters. The number of carboxylic acids is 4. The van der Waals surface area contributed by atoms with Crippen LogP contribution in [0.4, 0.5) is 4.79 Å². The summed E-state index contributed by atoms with van der Waals surface area (Å²) in [6, 6.07) is 0. The maximum Gasteiger partial charge on any atom is 0.407 e. The minimum Gasteiger partial charge on any atom is -0.481 e. The third-order valence-electron chi connectivity index (χ3n) is 17.1. The summed E-state index contributed by atoms with van der Waals surface area (Å²) < 4.78 is 88.5. The molecule has 1 unspecified atom stereocenters. The Morgan fingerprint density at radius 1 is 0.202 bits per heavy atom. The van der Waals surface area contributed by atoms with Crippen LogP contribution in [-0.4, -0.2) is 342 Å². The molecule has 0 aliphatic carbocycles. The second-order valence-electron chi connectivity index (χ2n) is 27.6. The van der Waals surface area contributed by atoms with E-state index in [2.05, 4.69) is 42.5 Å². The normalized spacial score (nSPS) is 11.7. The van der Waals surface area contributed by atoms with E-state index in [1.54, 1.807) is 0 Å². The highest BCUT2D eigenvalue weighted by Crippen LogP contribution is 2.18. The lowest BCUT2D eigenvalue weighted by molar-refractivity contribution is -0.275. The Morgan fingerprint density at radius 2 is 0.445 bits per heavy atom. The molecule has 0 heterocycles. The van der Waals surface area contributed by atoms with Crippen LogP contribution in [0.5, 0.6) is 0 Å². The van der Waals surface area contributed by atoms with Crippen molar-refractivity contribution in [2.45, 2.75) is 198 Å². The van der Waals surface area contributed by atoms with Gasteiger partial charge in [-0.15, -0.1) is 0 Å². The van der Waals surface area contributed by atoms with Gasteiger partial charge < -0.3 is 139 Å². The molecule has 0 aliphatic rings. The van der Waals surface area contributed by atoms with Crippen LogP contribution in [0.1, 0.15) is 193 Å². The Kier molecular flexibility index (Phi) is 82.8. The van der Waals surface area contributed by atoms with Crippen molar-refractivity contribution in [2.75, 3.05) is 251 Å². The summed E-state index contributed by atoms with van der Waals surface area (Å²) in [5.74, 6) is -6.85. The Balaban J connectivity index is 5.50. The summed E-state index contributed by atoms with van der Waals surface area (Å²) in [6.45, 7) is 9.73. The van der Waals surface area contributed by atoms with Crippen LogP contribution in [0.25, 0.3) is 0 Å². The number of carboxylic acid groups (broad SMARTS) is 4. The van der Waals surface area contributed by atoms with Crippen LogP contribution >= 0.6 is 0 Å². The van der Waals surface area contributed by atoms with Gasteiger partial charge in [-0.05, 0) is 57.9 Å². The summed E-state index contributed by atoms with van der Waals surface area (Å²) in [5.41, 5.74) is 0. The molecule has 0 saturated carbocycles. The van der Waals surface area contributed by atoms with Gasteiger partial charge in [0.25, 0.3) is 0 Å². The lowest BCUT2D eigenvalue weighted by Gasteiger charge is -2.33. The van der Waals surface area contributed by atoms with Gasteiger partial charge in [0.1, 0.15) is 19.8 Å². The number of alkyl carbamates (subject to hydrolysis) is 1. The zero-order chi connectivity index (χ0) is 86.9. The van der Waals surface area contributed by atoms with Crippen molar-refractivity contribution >= 4 is 65.4 Å². The SMILES string of the molecule is O=C(O)CCOCCOCCOCCNCCCCCCCCNC(=O)CCOC(COCC(=O)NCCCCCCCC(=O)NCCOCCOCCOCCC(=O)O)(COC(=O)NCCCCCCCC(=O)NCCOCCOCCOCCC(=O)O)OCCC(=O)NCCCCCCCC(=O)NCCOCCOCCOCCC(=O)O. The molecule has 0 aromatic carbocycles. The van der Waals surface area contributed by atoms with Crippen molar-refractivity contribution in [3.63, 3.8) is 0 Å². The summed E-state index contributed by atoms with van der Waals surface area (Å²) >= 11 is 0. The fourth-order valence-electron chi connectivity index (χ4n) is 10.6. The average Bonchev–Trinajstić information content (AvgIpc) is 0.859. The zero-order valence-corrected chi connectivity index (χ0v) is 70.9. The Hall–Kier alpha value is -6.67. The van der Waals surface area contributed by atoms with Crippen molar-refractivity contribution in [3.8, 4) is 0 Å². The molecule has 0 saturated heterocycles. The molecule has 0 spiro atoms. The molecule has 0 aromatic heterocycles. The Morgan fingerprint density at radius 3 is 0.765 bits per heavy atom. The van der Waals surface area contributed by atoms with Crippen LogP contribution < -0.4 is 42.5 Å². The molecular weight excluding hydrogens is 1570 g/mol. The number of amides is 7. The standard InChI is InChI=1S/C80H148N8O31/c89-69(85-37-47-109-55-63-113-59-51-105-41-28-76(97)98)22-14-6-3-11-19-33-83-73(93)26-45-119-80(68-117-79(103)88-35-21-13-5-8-16-24-71(91)87-39-49-111-57-65-115-61-53-107-43-30-78(101)102,118-44-25-72(92)82-32-18-10-2-1-9-17-31-81-36-46-108-54-62-112-58-50-104-40-27-75(95)96)67-116-66-74(94)84-34-20-12-4-7-15-23-70(90)86-38-48-110-56-64-114-60-52-106-42-29-77(99)100/h81H,1-68H2,(H,82,92)(H,83,93)(H,84,94)(H,85,89)(H,86,90)(H,87,91)(H,88,103)(H,95,96)(H,97,98)(H,99,100)(H,101,102). The fraction of sp³-hybridized carbons (Fsp3) is 0.863. The molecule has 119 heavy (non-hydrogen) atoms. The highest BCUT2D eigenvalue weighted by Gasteiger charge is 2.36. The van der Waals surface area contributed by atoms with Gasteiger partial charge in [-0.1, -0.05) is 83.5 Å². The number of aliphatic carboxylic acids is 4. The maximum absolute atomic E-state index is 13.3. The van der Waals surface area contributed by atoms with E-state index in [0.717, 1.165) is 109 Å². The monoisotopic (exact) mass is 1720 g/mol. The minimum absolute atomic E-state index is 0.0396. The first-order valence-electron chi connectivity index (χ1n) is 42.8. The van der Waals surface area contributed by atoms with Gasteiger partial charge in [0.05, 0.1) is 210 Å². The van der Waals surface area contributed by atoms with Gasteiger partial charge in [0.2, 0.25) is 41.2 Å². The third kappa shape index (κ3) is 88.9. The number of hydrogen-bond acceptors (Lipinski definition) is 28. The van der Waals surface area contributed by atoms with E-state index < -0.39 is 61.5 Å². The van der Waals surface area contributed by atoms with Crippen LogP contribution in [0, 0.1) is 0 Å². The van der Waals surface area contributed by atoms with E-state index >= 15 is 0 Å². The number of rotatable bonds is 95. The number of carbonyl (C=O) groups excluding carboxylic acids is 7. The zero-order valence-electron chi connectivity index (χ0n) is 70.9. The molecule has 39 nitrogen and oxygen atoms in total. The lowest BCUT2D eigenvalue weighted by Crippen LogP contribution is -2.48. The van der Waals surface area contributed by atoms with Gasteiger partial charge in [0.15, 0.2) is 0 Å². The second kappa shape index (κ2) is 87.7. The van der Waals surface area contributed by atoms with Gasteiger partial charge in [-0.2, -0.15) is 0 Å². The van der Waals surface area contributed by atoms with Crippen LogP contribution in [0.3, 0.4) is 0 Å². The Bertz CT molecular complexity index is 2420. The third-order valence-corrected chi connectivity index (χ3v) is 17.1. The number of nitrogens with one attached hydrogen (secondary N) is 8. The average molecular weight is 1720 g/mol. The predicted molar refractivity (Wildman–Crippen MR) is 435 cm³/mol. The number of ether oxygens (including phenoxy) is 16. The number of unbranched alkanes of at least 4 members (excludes halogenated alkanes) is 17. The van der Waals surface area contributed by atoms with Crippen molar-refractivity contribution in [2.24, 2.45) is 0 Å². The van der Waals surface area contributed by atoms with E-state index in [1.165, 1.54) is 0 Å². The number of carbonyl (C=O) groups is 11. The summed E-state index contributed by atoms with van der Waals surface area (Å²) in [4.78, 5) is 132. The molecule has 0 rings (SSSR count). The quantitative estimate of drug-likeness (QED) is 0.0302. The van der Waals surface area contributed by atoms with E-state index in [1.807, 2.05) is 0 Å². The predicted octanol–water partition coefficient (Wildman–Crippen LogP) is 3.99. The van der Waals surface area contributed by atoms with Gasteiger partial charge in [-0.3, -0.25) is 47.9 Å². The summed E-state index contributed by atoms with van der Waals surface area (Å²) in [6.07, 6.45) is 16.9. The first kappa shape index (κ1) is 112. The molecule has 12 N–H and O–H groups in total. The fourth-order valence-corrected chi connectivity index (χ4v) is 10.6. The van der Waals surface area contributed by atoms with Crippen LogP contribution in [0.15, 0.2) is 0 Å². The van der Waals surface area contributed by atoms with Crippen molar-refractivity contribution < 1.29 is 149 Å². The molecule has 0 aromatic rings. The first-order chi connectivity index (χ1) is 57.9. The summed E-state index contributed by atoms with van der Waals surface area (Å²) in [7, 11) is 0. The smallest absolute Gasteiger partial charge is 0.407 e. The van der Waals surface area contributed by atoms with Gasteiger partial charge in [-0.25, -0.2) is 4.79 Å². The van der Waals surface area contributed by atoms with Gasteiger partial charge >= 0.3 is 30.0 Å². The van der Waals surface area contributed by atoms with E-state index in [4.69, 9.17) is 96.2 Å². The molecule has 0 bridgehead atoms. The highest BCUT2D eigenvalue weighted by atomic mass is 16.7. The largest absolute Gasteiger partial charge is 0.481 e. The molecule has 0 radical (unpaired) electrons. The molecular formula is C80H148N8O31. The number of hydrogen-bond donors (Lipinski definition) is 12. The molecule has 7 amide bonds. The topological polar surface area (TPSA) is 513 Å². The molecule has 694 valence electrons. The van der Waals surface area contributed by atoms with E-state index in [9.17, 15) is 52.7 Å². The van der Waals surface area contributed by atoms with Crippen molar-refractivity contribution in [1.82, 2.24) is 42.5 Å². The first-order valence-corrected chi connectivity index (χ1v) is 42.8. The van der Waals surface area contributed by atoms with Crippen molar-refractivity contribution in [1.29, 1.82) is 0 Å². The van der Waals surface area contributed by atoms with E-state index in [0.29, 0.717) is 209 Å². The van der Waals surface area contributed by atoms with Crippen LogP contribution in [0.2, 0.25) is 0 Å².